The van der Waals surface area contributed by atoms with Crippen LogP contribution in [0.3, 0.4) is 0 Å². The summed E-state index contributed by atoms with van der Waals surface area (Å²) in [6.07, 6.45) is -6.23. The van der Waals surface area contributed by atoms with Gasteiger partial charge >= 0.3 is 5.97 Å². The fraction of sp³-hybridized carbons (Fsp3) is 0.696. The molecule has 1 aliphatic heterocycles. The van der Waals surface area contributed by atoms with E-state index in [1.54, 1.807) is 45.0 Å². The van der Waals surface area contributed by atoms with Crippen LogP contribution in [0.5, 0.6) is 5.75 Å². The molecular formula is C23H32O8. The fourth-order valence-corrected chi connectivity index (χ4v) is 6.62. The molecule has 172 valence electrons. The summed E-state index contributed by atoms with van der Waals surface area (Å²) in [5.74, 6) is -0.962. The molecule has 1 aromatic carbocycles. The van der Waals surface area contributed by atoms with Gasteiger partial charge in [-0.1, -0.05) is 18.2 Å². The van der Waals surface area contributed by atoms with E-state index in [-0.39, 0.29) is 6.42 Å². The van der Waals surface area contributed by atoms with E-state index < -0.39 is 64.6 Å². The first-order chi connectivity index (χ1) is 14.3. The minimum atomic E-state index is -1.71. The number of carbonyl (C=O) groups is 1. The lowest BCUT2D eigenvalue weighted by atomic mass is 9.46. The highest BCUT2D eigenvalue weighted by Gasteiger charge is 2.84. The highest BCUT2D eigenvalue weighted by Crippen LogP contribution is 2.67. The average Bonchev–Trinajstić information content (AvgIpc) is 2.85. The minimum absolute atomic E-state index is 0.186. The highest BCUT2D eigenvalue weighted by molar-refractivity contribution is 5.66. The molecule has 0 amide bonds. The summed E-state index contributed by atoms with van der Waals surface area (Å²) in [5.41, 5.74) is -5.91. The first-order valence-corrected chi connectivity index (χ1v) is 10.7. The molecule has 4 rings (SSSR count). The Hall–Kier alpha value is -1.71. The number of hydrogen-bond donors (Lipinski definition) is 4. The lowest BCUT2D eigenvalue weighted by molar-refractivity contribution is -0.348. The van der Waals surface area contributed by atoms with E-state index in [0.717, 1.165) is 0 Å². The van der Waals surface area contributed by atoms with Crippen LogP contribution in [0.1, 0.15) is 41.0 Å². The SMILES string of the molecule is CC(=O)OC1C(O)CC(C)(O)C23OC(C)(C)C(C(O)C(Oc4ccccc4)C12C)C3O. The van der Waals surface area contributed by atoms with Crippen LogP contribution < -0.4 is 4.74 Å². The molecule has 3 aliphatic rings. The predicted molar refractivity (Wildman–Crippen MR) is 109 cm³/mol. The van der Waals surface area contributed by atoms with Crippen molar-refractivity contribution in [2.24, 2.45) is 11.3 Å². The summed E-state index contributed by atoms with van der Waals surface area (Å²) in [5, 5.41) is 45.5. The molecule has 8 heteroatoms. The number of esters is 1. The van der Waals surface area contributed by atoms with Crippen LogP contribution in [0.4, 0.5) is 0 Å². The average molecular weight is 437 g/mol. The van der Waals surface area contributed by atoms with Gasteiger partial charge in [-0.2, -0.15) is 0 Å². The van der Waals surface area contributed by atoms with Gasteiger partial charge in [0.15, 0.2) is 0 Å². The molecule has 1 heterocycles. The number of para-hydroxylation sites is 1. The Morgan fingerprint density at radius 3 is 2.26 bits per heavy atom. The maximum atomic E-state index is 12.0. The van der Waals surface area contributed by atoms with E-state index in [9.17, 15) is 25.2 Å². The van der Waals surface area contributed by atoms with E-state index in [1.807, 2.05) is 6.07 Å². The Labute approximate surface area is 181 Å². The van der Waals surface area contributed by atoms with Gasteiger partial charge in [-0.25, -0.2) is 0 Å². The van der Waals surface area contributed by atoms with E-state index in [0.29, 0.717) is 5.75 Å². The Kier molecular flexibility index (Phi) is 5.00. The summed E-state index contributed by atoms with van der Waals surface area (Å²) in [4.78, 5) is 12.0. The maximum absolute atomic E-state index is 12.0. The Bertz CT molecular complexity index is 854. The van der Waals surface area contributed by atoms with E-state index in [2.05, 4.69) is 0 Å². The normalized spacial score (nSPS) is 48.0. The summed E-state index contributed by atoms with van der Waals surface area (Å²) < 4.78 is 18.3. The van der Waals surface area contributed by atoms with Crippen molar-refractivity contribution >= 4 is 5.97 Å². The summed E-state index contributed by atoms with van der Waals surface area (Å²) in [6.45, 7) is 7.84. The second-order valence-corrected chi connectivity index (χ2v) is 10.1. The molecule has 8 nitrogen and oxygen atoms in total. The van der Waals surface area contributed by atoms with Crippen LogP contribution in [-0.4, -0.2) is 73.7 Å². The molecule has 1 aromatic rings. The number of carbonyl (C=O) groups excluding carboxylic acids is 1. The van der Waals surface area contributed by atoms with Gasteiger partial charge in [0.1, 0.15) is 23.6 Å². The molecule has 0 radical (unpaired) electrons. The zero-order valence-corrected chi connectivity index (χ0v) is 18.5. The van der Waals surface area contributed by atoms with Crippen molar-refractivity contribution in [3.63, 3.8) is 0 Å². The van der Waals surface area contributed by atoms with Crippen LogP contribution in [0.2, 0.25) is 0 Å². The van der Waals surface area contributed by atoms with Crippen molar-refractivity contribution in [1.82, 2.24) is 0 Å². The maximum Gasteiger partial charge on any atom is 0.303 e. The van der Waals surface area contributed by atoms with Crippen LogP contribution in [0, 0.1) is 11.3 Å². The third-order valence-corrected chi connectivity index (χ3v) is 7.70. The van der Waals surface area contributed by atoms with Crippen molar-refractivity contribution in [2.45, 2.75) is 88.4 Å². The van der Waals surface area contributed by atoms with Gasteiger partial charge < -0.3 is 34.6 Å². The van der Waals surface area contributed by atoms with Crippen LogP contribution in [0.15, 0.2) is 30.3 Å². The molecule has 31 heavy (non-hydrogen) atoms. The number of aliphatic hydroxyl groups excluding tert-OH is 3. The third kappa shape index (κ3) is 2.82. The zero-order chi connectivity index (χ0) is 23.0. The molecule has 2 saturated carbocycles. The van der Waals surface area contributed by atoms with E-state index >= 15 is 0 Å². The molecule has 4 N–H and O–H groups in total. The van der Waals surface area contributed by atoms with Crippen LogP contribution in [0.25, 0.3) is 0 Å². The molecule has 2 bridgehead atoms. The Balaban J connectivity index is 1.96. The van der Waals surface area contributed by atoms with Crippen molar-refractivity contribution in [1.29, 1.82) is 0 Å². The molecule has 3 fully saturated rings. The molecule has 2 aliphatic carbocycles. The standard InChI is InChI=1S/C23H32O8/c1-12(24)29-18-14(25)11-21(4,28)23-17(27)15(20(2,3)31-23)16(26)19(22(18,23)5)30-13-9-7-6-8-10-13/h6-10,14-19,25-28H,11H2,1-5H3. The lowest BCUT2D eigenvalue weighted by Gasteiger charge is -2.65. The van der Waals surface area contributed by atoms with Gasteiger partial charge in [-0.15, -0.1) is 0 Å². The zero-order valence-electron chi connectivity index (χ0n) is 18.5. The smallest absolute Gasteiger partial charge is 0.303 e. The molecule has 0 aromatic heterocycles. The molecule has 9 atom stereocenters. The van der Waals surface area contributed by atoms with Gasteiger partial charge in [0, 0.05) is 19.3 Å². The molecule has 9 unspecified atom stereocenters. The Morgan fingerprint density at radius 1 is 1.06 bits per heavy atom. The van der Waals surface area contributed by atoms with Crippen LogP contribution >= 0.6 is 0 Å². The number of hydrogen-bond acceptors (Lipinski definition) is 8. The second-order valence-electron chi connectivity index (χ2n) is 10.1. The van der Waals surface area contributed by atoms with Gasteiger partial charge in [0.05, 0.1) is 34.9 Å². The first-order valence-electron chi connectivity index (χ1n) is 10.7. The molecule has 1 spiro atoms. The molecule has 1 saturated heterocycles. The first kappa shape index (κ1) is 22.5. The van der Waals surface area contributed by atoms with Gasteiger partial charge in [0.2, 0.25) is 0 Å². The number of benzene rings is 1. The second kappa shape index (κ2) is 6.89. The topological polar surface area (TPSA) is 126 Å². The highest BCUT2D eigenvalue weighted by atomic mass is 16.6. The van der Waals surface area contributed by atoms with Gasteiger partial charge in [-0.3, -0.25) is 4.79 Å². The fourth-order valence-electron chi connectivity index (χ4n) is 6.62. The minimum Gasteiger partial charge on any atom is -0.487 e. The van der Waals surface area contributed by atoms with Crippen molar-refractivity contribution in [2.75, 3.05) is 0 Å². The monoisotopic (exact) mass is 436 g/mol. The van der Waals surface area contributed by atoms with Crippen molar-refractivity contribution in [3.8, 4) is 5.75 Å². The quantitative estimate of drug-likeness (QED) is 0.513. The van der Waals surface area contributed by atoms with Crippen LogP contribution in [-0.2, 0) is 14.3 Å². The van der Waals surface area contributed by atoms with E-state index in [1.165, 1.54) is 13.8 Å². The molecular weight excluding hydrogens is 404 g/mol. The van der Waals surface area contributed by atoms with Crippen molar-refractivity contribution in [3.05, 3.63) is 30.3 Å². The summed E-state index contributed by atoms with van der Waals surface area (Å²) in [6, 6.07) is 8.83. The van der Waals surface area contributed by atoms with Gasteiger partial charge in [-0.05, 0) is 39.8 Å². The summed E-state index contributed by atoms with van der Waals surface area (Å²) >= 11 is 0. The third-order valence-electron chi connectivity index (χ3n) is 7.70. The number of aliphatic hydroxyl groups is 4. The Morgan fingerprint density at radius 2 is 1.68 bits per heavy atom. The number of ether oxygens (including phenoxy) is 3. The summed E-state index contributed by atoms with van der Waals surface area (Å²) in [7, 11) is 0. The number of fused-ring (bicyclic) bond motifs is 1. The largest absolute Gasteiger partial charge is 0.487 e. The van der Waals surface area contributed by atoms with Crippen molar-refractivity contribution < 1.29 is 39.4 Å². The number of rotatable bonds is 3. The van der Waals surface area contributed by atoms with E-state index in [4.69, 9.17) is 14.2 Å². The van der Waals surface area contributed by atoms with Gasteiger partial charge in [0.25, 0.3) is 0 Å². The lowest BCUT2D eigenvalue weighted by Crippen LogP contribution is -2.83. The predicted octanol–water partition coefficient (Wildman–Crippen LogP) is 0.787.